The van der Waals surface area contributed by atoms with Crippen molar-refractivity contribution in [1.82, 2.24) is 10.2 Å². The molecule has 1 aliphatic carbocycles. The normalized spacial score (nSPS) is 25.8. The van der Waals surface area contributed by atoms with Gasteiger partial charge in [0.25, 0.3) is 0 Å². The molecule has 1 N–H and O–H groups in total. The first-order valence-electron chi connectivity index (χ1n) is 6.62. The molecule has 0 atom stereocenters. The first-order chi connectivity index (χ1) is 7.57. The topological polar surface area (TPSA) is 32.3 Å². The summed E-state index contributed by atoms with van der Waals surface area (Å²) in [4.78, 5) is 14.1. The Kier molecular flexibility index (Phi) is 3.41. The fourth-order valence-electron chi connectivity index (χ4n) is 2.93. The average Bonchev–Trinajstić information content (AvgIpc) is 2.69. The highest BCUT2D eigenvalue weighted by Gasteiger charge is 2.30. The van der Waals surface area contributed by atoms with Crippen LogP contribution in [0.3, 0.4) is 0 Å². The smallest absolute Gasteiger partial charge is 0.317 e. The molecule has 2 amide bonds. The summed E-state index contributed by atoms with van der Waals surface area (Å²) < 4.78 is 0. The third kappa shape index (κ3) is 2.89. The van der Waals surface area contributed by atoms with Crippen molar-refractivity contribution < 1.29 is 4.79 Å². The second-order valence-electron chi connectivity index (χ2n) is 6.12. The van der Waals surface area contributed by atoms with Gasteiger partial charge in [0.1, 0.15) is 0 Å². The zero-order chi connectivity index (χ0) is 11.6. The molecule has 0 radical (unpaired) electrons. The minimum Gasteiger partial charge on any atom is -0.335 e. The van der Waals surface area contributed by atoms with Gasteiger partial charge in [-0.3, -0.25) is 0 Å². The van der Waals surface area contributed by atoms with E-state index in [1.807, 2.05) is 4.90 Å². The molecule has 2 rings (SSSR count). The fourth-order valence-corrected chi connectivity index (χ4v) is 2.93. The van der Waals surface area contributed by atoms with Crippen molar-refractivity contribution >= 4 is 6.03 Å². The van der Waals surface area contributed by atoms with Gasteiger partial charge in [-0.15, -0.1) is 0 Å². The van der Waals surface area contributed by atoms with Crippen LogP contribution >= 0.6 is 0 Å². The summed E-state index contributed by atoms with van der Waals surface area (Å²) in [5.41, 5.74) is 0.297. The molecule has 92 valence electrons. The molecule has 0 aromatic rings. The van der Waals surface area contributed by atoms with Gasteiger partial charge in [-0.1, -0.05) is 26.7 Å². The van der Waals surface area contributed by atoms with Crippen LogP contribution in [0.5, 0.6) is 0 Å². The molecule has 2 fully saturated rings. The molecule has 1 heterocycles. The Morgan fingerprint density at radius 2 is 1.94 bits per heavy atom. The van der Waals surface area contributed by atoms with E-state index in [0.717, 1.165) is 19.5 Å². The minimum atomic E-state index is 0.166. The lowest BCUT2D eigenvalue weighted by Gasteiger charge is -2.38. The number of carbonyl (C=O) groups excluding carboxylic acids is 1. The highest BCUT2D eigenvalue weighted by atomic mass is 16.2. The van der Waals surface area contributed by atoms with Crippen LogP contribution in [0.15, 0.2) is 0 Å². The first-order valence-corrected chi connectivity index (χ1v) is 6.62. The number of nitrogens with zero attached hydrogens (tertiary/aromatic N) is 1. The lowest BCUT2D eigenvalue weighted by molar-refractivity contribution is 0.127. The predicted octanol–water partition coefficient (Wildman–Crippen LogP) is 2.76. The summed E-state index contributed by atoms with van der Waals surface area (Å²) in [5.74, 6) is 0. The van der Waals surface area contributed by atoms with Gasteiger partial charge in [0, 0.05) is 19.1 Å². The van der Waals surface area contributed by atoms with E-state index in [-0.39, 0.29) is 6.03 Å². The third-order valence-electron chi connectivity index (χ3n) is 3.87. The molecule has 2 aliphatic rings. The lowest BCUT2D eigenvalue weighted by atomic mass is 9.84. The maximum atomic E-state index is 12.1. The van der Waals surface area contributed by atoms with Crippen LogP contribution in [0.1, 0.15) is 52.4 Å². The van der Waals surface area contributed by atoms with E-state index in [0.29, 0.717) is 11.5 Å². The lowest BCUT2D eigenvalue weighted by Crippen LogP contribution is -2.50. The van der Waals surface area contributed by atoms with Crippen molar-refractivity contribution in [2.24, 2.45) is 5.41 Å². The van der Waals surface area contributed by atoms with E-state index in [4.69, 9.17) is 0 Å². The first kappa shape index (κ1) is 11.7. The van der Waals surface area contributed by atoms with Crippen molar-refractivity contribution in [1.29, 1.82) is 0 Å². The number of carbonyl (C=O) groups is 1. The second-order valence-corrected chi connectivity index (χ2v) is 6.12. The maximum Gasteiger partial charge on any atom is 0.317 e. The van der Waals surface area contributed by atoms with E-state index in [1.54, 1.807) is 0 Å². The zero-order valence-corrected chi connectivity index (χ0v) is 10.6. The summed E-state index contributed by atoms with van der Waals surface area (Å²) in [5, 5.41) is 3.17. The van der Waals surface area contributed by atoms with Gasteiger partial charge in [0.15, 0.2) is 0 Å². The molecule has 1 aliphatic heterocycles. The van der Waals surface area contributed by atoms with E-state index in [1.165, 1.54) is 32.1 Å². The second kappa shape index (κ2) is 4.64. The van der Waals surface area contributed by atoms with Crippen LogP contribution < -0.4 is 5.32 Å². The van der Waals surface area contributed by atoms with Crippen LogP contribution in [0, 0.1) is 5.41 Å². The van der Waals surface area contributed by atoms with Crippen molar-refractivity contribution in [2.45, 2.75) is 58.4 Å². The number of amides is 2. The molecular weight excluding hydrogens is 200 g/mol. The molecular formula is C13H24N2O. The van der Waals surface area contributed by atoms with Gasteiger partial charge in [0.2, 0.25) is 0 Å². The van der Waals surface area contributed by atoms with Crippen LogP contribution in [-0.2, 0) is 0 Å². The standard InChI is InChI=1S/C13H24N2O/c1-13(2)8-5-9-15(10-13)12(16)14-11-6-3-4-7-11/h11H,3-10H2,1-2H3,(H,14,16). The number of rotatable bonds is 1. The van der Waals surface area contributed by atoms with Gasteiger partial charge in [-0.2, -0.15) is 0 Å². The van der Waals surface area contributed by atoms with Crippen molar-refractivity contribution in [2.75, 3.05) is 13.1 Å². The third-order valence-corrected chi connectivity index (χ3v) is 3.87. The zero-order valence-electron chi connectivity index (χ0n) is 10.6. The number of piperidine rings is 1. The highest BCUT2D eigenvalue weighted by Crippen LogP contribution is 2.28. The highest BCUT2D eigenvalue weighted by molar-refractivity contribution is 5.74. The van der Waals surface area contributed by atoms with E-state index in [2.05, 4.69) is 19.2 Å². The summed E-state index contributed by atoms with van der Waals surface area (Å²) in [6, 6.07) is 0.609. The summed E-state index contributed by atoms with van der Waals surface area (Å²) in [6.45, 7) is 6.34. The molecule has 0 aromatic carbocycles. The Morgan fingerprint density at radius 3 is 2.56 bits per heavy atom. The molecule has 1 saturated heterocycles. The predicted molar refractivity (Wildman–Crippen MR) is 65.4 cm³/mol. The van der Waals surface area contributed by atoms with Crippen LogP contribution in [0.4, 0.5) is 4.79 Å². The number of urea groups is 1. The molecule has 0 bridgehead atoms. The van der Waals surface area contributed by atoms with E-state index >= 15 is 0 Å². The molecule has 0 aromatic heterocycles. The molecule has 0 spiro atoms. The average molecular weight is 224 g/mol. The van der Waals surface area contributed by atoms with Gasteiger partial charge >= 0.3 is 6.03 Å². The minimum absolute atomic E-state index is 0.166. The maximum absolute atomic E-state index is 12.1. The van der Waals surface area contributed by atoms with E-state index in [9.17, 15) is 4.79 Å². The van der Waals surface area contributed by atoms with Crippen molar-refractivity contribution in [3.05, 3.63) is 0 Å². The van der Waals surface area contributed by atoms with Crippen molar-refractivity contribution in [3.63, 3.8) is 0 Å². The Bertz CT molecular complexity index is 257. The quantitative estimate of drug-likeness (QED) is 0.730. The Hall–Kier alpha value is -0.730. The molecule has 3 nitrogen and oxygen atoms in total. The van der Waals surface area contributed by atoms with Gasteiger partial charge in [-0.25, -0.2) is 4.79 Å². The van der Waals surface area contributed by atoms with Crippen LogP contribution in [-0.4, -0.2) is 30.1 Å². The van der Waals surface area contributed by atoms with Gasteiger partial charge in [0.05, 0.1) is 0 Å². The summed E-state index contributed by atoms with van der Waals surface area (Å²) in [7, 11) is 0. The number of nitrogens with one attached hydrogen (secondary N) is 1. The molecule has 0 unspecified atom stereocenters. The number of hydrogen-bond acceptors (Lipinski definition) is 1. The molecule has 3 heteroatoms. The monoisotopic (exact) mass is 224 g/mol. The number of hydrogen-bond donors (Lipinski definition) is 1. The Labute approximate surface area is 98.6 Å². The molecule has 16 heavy (non-hydrogen) atoms. The van der Waals surface area contributed by atoms with E-state index < -0.39 is 0 Å². The van der Waals surface area contributed by atoms with Crippen molar-refractivity contribution in [3.8, 4) is 0 Å². The molecule has 1 saturated carbocycles. The summed E-state index contributed by atoms with van der Waals surface area (Å²) in [6.07, 6.45) is 7.27. The van der Waals surface area contributed by atoms with Crippen LogP contribution in [0.2, 0.25) is 0 Å². The fraction of sp³-hybridized carbons (Fsp3) is 0.923. The van der Waals surface area contributed by atoms with Crippen LogP contribution in [0.25, 0.3) is 0 Å². The Balaban J connectivity index is 1.84. The summed E-state index contributed by atoms with van der Waals surface area (Å²) >= 11 is 0. The largest absolute Gasteiger partial charge is 0.335 e. The Morgan fingerprint density at radius 1 is 1.25 bits per heavy atom. The SMILES string of the molecule is CC1(C)CCCN(C(=O)NC2CCCC2)C1. The van der Waals surface area contributed by atoms with Gasteiger partial charge in [-0.05, 0) is 31.1 Å². The number of likely N-dealkylation sites (tertiary alicyclic amines) is 1. The van der Waals surface area contributed by atoms with Gasteiger partial charge < -0.3 is 10.2 Å².